The molecule has 1 unspecified atom stereocenters. The minimum absolute atomic E-state index is 0. The Bertz CT molecular complexity index is 688. The number of carbonyl (C=O) groups is 4. The van der Waals surface area contributed by atoms with Crippen LogP contribution in [0.3, 0.4) is 0 Å². The van der Waals surface area contributed by atoms with Gasteiger partial charge in [-0.3, -0.25) is 18.9 Å². The minimum Gasteiger partial charge on any atom is -1.00 e. The van der Waals surface area contributed by atoms with Crippen molar-refractivity contribution in [3.8, 4) is 0 Å². The number of amides is 4. The molecule has 2 N–H and O–H groups in total. The van der Waals surface area contributed by atoms with Crippen LogP contribution in [0.5, 0.6) is 0 Å². The number of likely N-dealkylation sites (N-methyl/N-ethyl adjacent to an activating group) is 1. The Hall–Kier alpha value is -1.41. The fourth-order valence-corrected chi connectivity index (χ4v) is 3.02. The van der Waals surface area contributed by atoms with Crippen LogP contribution in [0.2, 0.25) is 0 Å². The number of piperazine rings is 1. The molecule has 2 rings (SSSR count). The van der Waals surface area contributed by atoms with Gasteiger partial charge in [-0.15, -0.1) is 0 Å². The summed E-state index contributed by atoms with van der Waals surface area (Å²) in [5.74, 6) is -3.24. The fraction of sp³-hybridized carbons (Fsp3) is 0.600. The van der Waals surface area contributed by atoms with Gasteiger partial charge in [-0.2, -0.15) is 8.42 Å². The number of rotatable bonds is 4. The number of nitrogens with zero attached hydrogens (tertiary/aromatic N) is 4. The number of hydrogen-bond donors (Lipinski definition) is 2. The van der Waals surface area contributed by atoms with Crippen LogP contribution >= 0.6 is 0 Å². The second-order valence-electron chi connectivity index (χ2n) is 4.80. The van der Waals surface area contributed by atoms with Crippen molar-refractivity contribution in [3.63, 3.8) is 0 Å². The Kier molecular flexibility index (Phi) is 6.21. The summed E-state index contributed by atoms with van der Waals surface area (Å²) in [5, 5.41) is 10.1. The molecule has 2 heterocycles. The maximum Gasteiger partial charge on any atom is 1.00 e. The molecule has 4 amide bonds. The average Bonchev–Trinajstić information content (AvgIpc) is 2.44. The van der Waals surface area contributed by atoms with E-state index in [4.69, 9.17) is 4.55 Å². The molecule has 0 aromatic carbocycles. The summed E-state index contributed by atoms with van der Waals surface area (Å²) in [7, 11) is -4.79. The Morgan fingerprint density at radius 2 is 1.88 bits per heavy atom. The molecule has 0 spiro atoms. The van der Waals surface area contributed by atoms with Crippen molar-refractivity contribution < 1.29 is 68.2 Å². The van der Waals surface area contributed by atoms with Crippen molar-refractivity contribution in [2.45, 2.75) is 13.0 Å². The van der Waals surface area contributed by atoms with E-state index in [0.717, 1.165) is 0 Å². The summed E-state index contributed by atoms with van der Waals surface area (Å²) in [4.78, 5) is 48.2. The zero-order chi connectivity index (χ0) is 17.5. The molecular weight excluding hydrogens is 359 g/mol. The number of carboxylic acid groups (broad SMARTS) is 1. The summed E-state index contributed by atoms with van der Waals surface area (Å²) in [5.41, 5.74) is 0. The zero-order valence-electron chi connectivity index (χ0n) is 13.9. The maximum absolute atomic E-state index is 12.0. The maximum atomic E-state index is 12.0. The van der Waals surface area contributed by atoms with Crippen molar-refractivity contribution in [1.82, 2.24) is 19.2 Å². The summed E-state index contributed by atoms with van der Waals surface area (Å²) in [6.07, 6.45) is -1.69. The molecule has 12 nitrogen and oxygen atoms in total. The monoisotopic (exact) mass is 374 g/mol. The van der Waals surface area contributed by atoms with Gasteiger partial charge in [0.1, 0.15) is 0 Å². The first-order chi connectivity index (χ1) is 10.6. The first-order valence-electron chi connectivity index (χ1n) is 6.51. The zero-order valence-corrected chi connectivity index (χ0v) is 15.8. The standard InChI is InChI=1S/C10H14N4O8S.Na.H/c1-2-11-3-4-12(9(17)8(11)16)14(10(18)19)6-5-13(7(6)15)23(20,21)22;;/h6H,2-5H2,1H3,(H,18,19)(H,20,21,22);;/q;+1;-1. The molecule has 130 valence electrons. The van der Waals surface area contributed by atoms with E-state index >= 15 is 0 Å². The first kappa shape index (κ1) is 20.6. The molecule has 24 heavy (non-hydrogen) atoms. The van der Waals surface area contributed by atoms with E-state index in [-0.39, 0.29) is 54.9 Å². The fourth-order valence-electron chi connectivity index (χ4n) is 2.35. The second kappa shape index (κ2) is 7.23. The molecule has 2 aliphatic rings. The van der Waals surface area contributed by atoms with Gasteiger partial charge in [0.15, 0.2) is 6.04 Å². The van der Waals surface area contributed by atoms with Gasteiger partial charge in [0.05, 0.1) is 13.1 Å². The van der Waals surface area contributed by atoms with Crippen molar-refractivity contribution in [2.75, 3.05) is 26.2 Å². The molecule has 0 aromatic rings. The molecule has 2 fully saturated rings. The van der Waals surface area contributed by atoms with E-state index in [0.29, 0.717) is 10.0 Å². The largest absolute Gasteiger partial charge is 1.00 e. The van der Waals surface area contributed by atoms with Crippen LogP contribution in [0.1, 0.15) is 8.35 Å². The molecule has 0 aromatic heterocycles. The minimum atomic E-state index is -4.79. The Morgan fingerprint density at radius 1 is 1.29 bits per heavy atom. The predicted octanol–water partition coefficient (Wildman–Crippen LogP) is -5.30. The first-order valence-corrected chi connectivity index (χ1v) is 7.91. The van der Waals surface area contributed by atoms with Crippen LogP contribution in [-0.2, 0) is 24.7 Å². The van der Waals surface area contributed by atoms with Crippen LogP contribution in [-0.4, -0.2) is 93.3 Å². The molecule has 0 bridgehead atoms. The average molecular weight is 374 g/mol. The SMILES string of the molecule is CCN1CCN(N(C(=O)O)C2CN(S(=O)(=O)O)C2=O)C(=O)C1=O.[H-].[Na+]. The molecule has 2 aliphatic heterocycles. The normalized spacial score (nSPS) is 21.3. The molecule has 0 saturated carbocycles. The molecule has 0 radical (unpaired) electrons. The van der Waals surface area contributed by atoms with Crippen LogP contribution in [0, 0.1) is 0 Å². The summed E-state index contributed by atoms with van der Waals surface area (Å²) < 4.78 is 30.6. The second-order valence-corrected chi connectivity index (χ2v) is 6.14. The van der Waals surface area contributed by atoms with Crippen LogP contribution in [0.4, 0.5) is 4.79 Å². The van der Waals surface area contributed by atoms with E-state index in [1.165, 1.54) is 4.90 Å². The van der Waals surface area contributed by atoms with Gasteiger partial charge in [0.25, 0.3) is 5.91 Å². The smallest absolute Gasteiger partial charge is 1.00 e. The van der Waals surface area contributed by atoms with Gasteiger partial charge in [-0.25, -0.2) is 19.1 Å². The third kappa shape index (κ3) is 3.49. The van der Waals surface area contributed by atoms with Gasteiger partial charge >= 0.3 is 57.8 Å². The van der Waals surface area contributed by atoms with E-state index < -0.39 is 46.7 Å². The quantitative estimate of drug-likeness (QED) is 0.214. The molecular formula is C10H15N4NaO8S. The van der Waals surface area contributed by atoms with E-state index in [2.05, 4.69) is 0 Å². The molecule has 0 aliphatic carbocycles. The van der Waals surface area contributed by atoms with Crippen LogP contribution < -0.4 is 29.6 Å². The topological polar surface area (TPSA) is 156 Å². The van der Waals surface area contributed by atoms with E-state index in [1.54, 1.807) is 6.92 Å². The van der Waals surface area contributed by atoms with Gasteiger partial charge in [-0.1, -0.05) is 0 Å². The number of β-lactam (4-membered cyclic amide) rings is 1. The van der Waals surface area contributed by atoms with Crippen LogP contribution in [0.15, 0.2) is 0 Å². The summed E-state index contributed by atoms with van der Waals surface area (Å²) in [6.45, 7) is 1.20. The third-order valence-electron chi connectivity index (χ3n) is 3.57. The van der Waals surface area contributed by atoms with E-state index in [9.17, 15) is 32.7 Å². The van der Waals surface area contributed by atoms with Crippen molar-refractivity contribution in [1.29, 1.82) is 0 Å². The Morgan fingerprint density at radius 3 is 2.29 bits per heavy atom. The Balaban J connectivity index is 0.00000288. The Labute approximate surface area is 160 Å². The van der Waals surface area contributed by atoms with Crippen molar-refractivity contribution in [2.24, 2.45) is 0 Å². The van der Waals surface area contributed by atoms with E-state index in [1.807, 2.05) is 0 Å². The number of hydrazine groups is 1. The third-order valence-corrected chi connectivity index (χ3v) is 4.45. The van der Waals surface area contributed by atoms with Gasteiger partial charge < -0.3 is 11.4 Å². The molecule has 1 atom stereocenters. The van der Waals surface area contributed by atoms with Gasteiger partial charge in [-0.05, 0) is 6.92 Å². The number of hydrogen-bond acceptors (Lipinski definition) is 6. The predicted molar refractivity (Wildman–Crippen MR) is 72.0 cm³/mol. The van der Waals surface area contributed by atoms with Gasteiger partial charge in [0.2, 0.25) is 0 Å². The molecule has 2 saturated heterocycles. The number of carbonyl (C=O) groups excluding carboxylic acids is 3. The van der Waals surface area contributed by atoms with Crippen molar-refractivity contribution >= 4 is 34.1 Å². The summed E-state index contributed by atoms with van der Waals surface area (Å²) >= 11 is 0. The van der Waals surface area contributed by atoms with Crippen LogP contribution in [0.25, 0.3) is 0 Å². The van der Waals surface area contributed by atoms with Crippen molar-refractivity contribution in [3.05, 3.63) is 0 Å². The summed E-state index contributed by atoms with van der Waals surface area (Å²) in [6, 6.07) is -1.50. The molecule has 14 heteroatoms. The van der Waals surface area contributed by atoms with Gasteiger partial charge in [0, 0.05) is 13.1 Å².